The minimum absolute atomic E-state index is 0.0714. The lowest BCUT2D eigenvalue weighted by Gasteiger charge is -2.16. The number of nitrogens with zero attached hydrogens (tertiary/aromatic N) is 2. The maximum atomic E-state index is 12.8. The van der Waals surface area contributed by atoms with Crippen molar-refractivity contribution in [3.63, 3.8) is 0 Å². The van der Waals surface area contributed by atoms with Crippen LogP contribution in [0.5, 0.6) is 11.5 Å². The van der Waals surface area contributed by atoms with E-state index in [-0.39, 0.29) is 12.3 Å². The van der Waals surface area contributed by atoms with Crippen molar-refractivity contribution < 1.29 is 22.8 Å². The van der Waals surface area contributed by atoms with Crippen molar-refractivity contribution >= 4 is 5.96 Å². The molecule has 1 aromatic carbocycles. The second kappa shape index (κ2) is 12.0. The summed E-state index contributed by atoms with van der Waals surface area (Å²) in [6.07, 6.45) is 2.34. The highest BCUT2D eigenvalue weighted by atomic mass is 19.3. The number of nitrogens with one attached hydrogen (secondary N) is 2. The lowest BCUT2D eigenvalue weighted by molar-refractivity contribution is -0.0505. The molecule has 2 N–H and O–H groups in total. The van der Waals surface area contributed by atoms with Crippen LogP contribution < -0.4 is 20.1 Å². The zero-order chi connectivity index (χ0) is 21.9. The number of ether oxygens (including phenoxy) is 2. The van der Waals surface area contributed by atoms with E-state index in [1.807, 2.05) is 20.8 Å². The van der Waals surface area contributed by atoms with Crippen LogP contribution in [0.25, 0.3) is 0 Å². The summed E-state index contributed by atoms with van der Waals surface area (Å²) >= 11 is 0. The molecule has 1 aromatic heterocycles. The maximum Gasteiger partial charge on any atom is 0.387 e. The highest BCUT2D eigenvalue weighted by Gasteiger charge is 2.15. The van der Waals surface area contributed by atoms with Gasteiger partial charge in [0.1, 0.15) is 17.3 Å². The van der Waals surface area contributed by atoms with Gasteiger partial charge in [0.2, 0.25) is 0 Å². The Morgan fingerprint density at radius 2 is 1.93 bits per heavy atom. The molecule has 0 bridgehead atoms. The van der Waals surface area contributed by atoms with Gasteiger partial charge in [0.25, 0.3) is 0 Å². The van der Waals surface area contributed by atoms with Gasteiger partial charge >= 0.3 is 6.61 Å². The second-order valence-electron chi connectivity index (χ2n) is 6.51. The van der Waals surface area contributed by atoms with Gasteiger partial charge < -0.3 is 24.6 Å². The number of halogens is 2. The molecule has 0 aliphatic carbocycles. The molecule has 2 aromatic rings. The Hall–Kier alpha value is -2.84. The monoisotopic (exact) mass is 424 g/mol. The van der Waals surface area contributed by atoms with Crippen LogP contribution in [0.15, 0.2) is 27.7 Å². The number of alkyl halides is 2. The Labute approximate surface area is 175 Å². The summed E-state index contributed by atoms with van der Waals surface area (Å²) in [7, 11) is 1.64. The predicted octanol–water partition coefficient (Wildman–Crippen LogP) is 4.05. The quantitative estimate of drug-likeness (QED) is 0.418. The molecule has 0 aliphatic heterocycles. The van der Waals surface area contributed by atoms with E-state index < -0.39 is 6.61 Å². The second-order valence-corrected chi connectivity index (χ2v) is 6.51. The number of hydrogen-bond donors (Lipinski definition) is 2. The molecule has 166 valence electrons. The fourth-order valence-corrected chi connectivity index (χ4v) is 2.91. The first-order chi connectivity index (χ1) is 14.5. The van der Waals surface area contributed by atoms with Crippen molar-refractivity contribution in [2.75, 3.05) is 13.7 Å². The number of aromatic nitrogens is 1. The number of hydrogen-bond acceptors (Lipinski definition) is 5. The van der Waals surface area contributed by atoms with E-state index >= 15 is 0 Å². The summed E-state index contributed by atoms with van der Waals surface area (Å²) in [6.45, 7) is 4.34. The zero-order valence-corrected chi connectivity index (χ0v) is 17.9. The van der Waals surface area contributed by atoms with Gasteiger partial charge in [0, 0.05) is 43.8 Å². The third-order valence-electron chi connectivity index (χ3n) is 4.44. The highest BCUT2D eigenvalue weighted by Crippen LogP contribution is 2.26. The SMILES string of the molecule is CCCOc1ccc(CNC(=NC)NCc2c(CC)noc2CC)c(OC(F)F)c1. The molecule has 0 unspecified atom stereocenters. The Kier molecular flexibility index (Phi) is 9.37. The molecular weight excluding hydrogens is 394 g/mol. The summed E-state index contributed by atoms with van der Waals surface area (Å²) in [5.41, 5.74) is 2.49. The van der Waals surface area contributed by atoms with Crippen LogP contribution in [0.1, 0.15) is 49.8 Å². The average Bonchev–Trinajstić information content (AvgIpc) is 3.14. The molecule has 0 atom stereocenters. The standard InChI is InChI=1S/C21H30F2N4O3/c1-5-10-28-15-9-8-14(19(11-15)29-20(22)23)12-25-21(24-4)26-13-16-17(6-2)27-30-18(16)7-3/h8-9,11,20H,5-7,10,12-13H2,1-4H3,(H2,24,25,26). The molecule has 2 rings (SSSR count). The Morgan fingerprint density at radius 3 is 2.57 bits per heavy atom. The summed E-state index contributed by atoms with van der Waals surface area (Å²) in [5.74, 6) is 1.92. The van der Waals surface area contributed by atoms with Crippen LogP contribution in [-0.4, -0.2) is 31.4 Å². The molecule has 30 heavy (non-hydrogen) atoms. The van der Waals surface area contributed by atoms with E-state index in [2.05, 4.69) is 25.5 Å². The van der Waals surface area contributed by atoms with Gasteiger partial charge in [0.15, 0.2) is 5.96 Å². The summed E-state index contributed by atoms with van der Waals surface area (Å²) in [6, 6.07) is 4.92. The van der Waals surface area contributed by atoms with Gasteiger partial charge in [-0.25, -0.2) is 0 Å². The van der Waals surface area contributed by atoms with Crippen LogP contribution in [0.2, 0.25) is 0 Å². The lowest BCUT2D eigenvalue weighted by atomic mass is 10.1. The van der Waals surface area contributed by atoms with Crippen molar-refractivity contribution in [2.24, 2.45) is 4.99 Å². The summed E-state index contributed by atoms with van der Waals surface area (Å²) in [5, 5.41) is 10.4. The van der Waals surface area contributed by atoms with Gasteiger partial charge in [-0.2, -0.15) is 8.78 Å². The van der Waals surface area contributed by atoms with Crippen molar-refractivity contribution in [3.05, 3.63) is 40.8 Å². The van der Waals surface area contributed by atoms with Gasteiger partial charge in [-0.15, -0.1) is 0 Å². The minimum atomic E-state index is -2.92. The summed E-state index contributed by atoms with van der Waals surface area (Å²) in [4.78, 5) is 4.19. The van der Waals surface area contributed by atoms with E-state index in [1.165, 1.54) is 6.07 Å². The Morgan fingerprint density at radius 1 is 1.17 bits per heavy atom. The smallest absolute Gasteiger partial charge is 0.387 e. The zero-order valence-electron chi connectivity index (χ0n) is 17.9. The van der Waals surface area contributed by atoms with Crippen LogP contribution in [0.4, 0.5) is 8.78 Å². The van der Waals surface area contributed by atoms with Gasteiger partial charge in [-0.1, -0.05) is 25.9 Å². The number of aryl methyl sites for hydroxylation is 2. The van der Waals surface area contributed by atoms with E-state index in [0.717, 1.165) is 36.3 Å². The topological polar surface area (TPSA) is 80.9 Å². The fraction of sp³-hybridized carbons (Fsp3) is 0.524. The fourth-order valence-electron chi connectivity index (χ4n) is 2.91. The largest absolute Gasteiger partial charge is 0.493 e. The van der Waals surface area contributed by atoms with Crippen LogP contribution in [0.3, 0.4) is 0 Å². The van der Waals surface area contributed by atoms with Crippen molar-refractivity contribution in [2.45, 2.75) is 59.7 Å². The minimum Gasteiger partial charge on any atom is -0.493 e. The van der Waals surface area contributed by atoms with E-state index in [1.54, 1.807) is 19.2 Å². The van der Waals surface area contributed by atoms with Crippen molar-refractivity contribution in [1.82, 2.24) is 15.8 Å². The maximum absolute atomic E-state index is 12.8. The predicted molar refractivity (Wildman–Crippen MR) is 111 cm³/mol. The molecule has 7 nitrogen and oxygen atoms in total. The first-order valence-corrected chi connectivity index (χ1v) is 10.1. The van der Waals surface area contributed by atoms with E-state index in [0.29, 0.717) is 30.4 Å². The molecular formula is C21H30F2N4O3. The number of benzene rings is 1. The molecule has 0 fully saturated rings. The molecule has 0 saturated carbocycles. The van der Waals surface area contributed by atoms with Crippen molar-refractivity contribution in [1.29, 1.82) is 0 Å². The van der Waals surface area contributed by atoms with E-state index in [9.17, 15) is 8.78 Å². The third kappa shape index (κ3) is 6.60. The highest BCUT2D eigenvalue weighted by molar-refractivity contribution is 5.79. The van der Waals surface area contributed by atoms with Gasteiger partial charge in [-0.05, 0) is 25.0 Å². The molecule has 0 spiro atoms. The Balaban J connectivity index is 2.04. The first-order valence-electron chi connectivity index (χ1n) is 10.1. The summed E-state index contributed by atoms with van der Waals surface area (Å²) < 4.78 is 41.2. The van der Waals surface area contributed by atoms with Crippen LogP contribution in [0, 0.1) is 0 Å². The molecule has 0 aliphatic rings. The first kappa shape index (κ1) is 23.4. The Bertz CT molecular complexity index is 803. The molecule has 9 heteroatoms. The van der Waals surface area contributed by atoms with E-state index in [4.69, 9.17) is 9.26 Å². The number of rotatable bonds is 11. The normalized spacial score (nSPS) is 11.6. The van der Waals surface area contributed by atoms with Crippen molar-refractivity contribution in [3.8, 4) is 11.5 Å². The van der Waals surface area contributed by atoms with Gasteiger partial charge in [0.05, 0.1) is 12.3 Å². The molecule has 0 radical (unpaired) electrons. The van der Waals surface area contributed by atoms with Crippen LogP contribution in [-0.2, 0) is 25.9 Å². The molecule has 1 heterocycles. The third-order valence-corrected chi connectivity index (χ3v) is 4.44. The lowest BCUT2D eigenvalue weighted by Crippen LogP contribution is -2.36. The van der Waals surface area contributed by atoms with Crippen LogP contribution >= 0.6 is 0 Å². The molecule has 0 amide bonds. The van der Waals surface area contributed by atoms with Gasteiger partial charge in [-0.3, -0.25) is 4.99 Å². The molecule has 0 saturated heterocycles. The average molecular weight is 424 g/mol. The number of aliphatic imine (C=N–C) groups is 1. The number of guanidine groups is 1.